The van der Waals surface area contributed by atoms with Crippen molar-refractivity contribution >= 4 is 42.1 Å². The van der Waals surface area contributed by atoms with Crippen molar-refractivity contribution in [3.63, 3.8) is 0 Å². The number of carbonyl (C=O) groups is 1. The second kappa shape index (κ2) is 9.28. The van der Waals surface area contributed by atoms with Crippen molar-refractivity contribution in [1.82, 2.24) is 4.98 Å². The van der Waals surface area contributed by atoms with Crippen LogP contribution in [0.4, 0.5) is 11.4 Å². The van der Waals surface area contributed by atoms with E-state index in [4.69, 9.17) is 5.73 Å². The van der Waals surface area contributed by atoms with Gasteiger partial charge in [-0.15, -0.1) is 24.8 Å². The van der Waals surface area contributed by atoms with Crippen molar-refractivity contribution in [3.8, 4) is 0 Å². The number of rotatable bonds is 4. The lowest BCUT2D eigenvalue weighted by atomic mass is 10.1. The van der Waals surface area contributed by atoms with Gasteiger partial charge in [0.2, 0.25) is 5.91 Å². The number of nitrogens with one attached hydrogen (secondary N) is 1. The van der Waals surface area contributed by atoms with Crippen LogP contribution in [0.15, 0.2) is 36.4 Å². The molecule has 0 fully saturated rings. The number of para-hydroxylation sites is 1. The van der Waals surface area contributed by atoms with Gasteiger partial charge in [-0.3, -0.25) is 9.78 Å². The van der Waals surface area contributed by atoms with Crippen LogP contribution < -0.4 is 11.1 Å². The quantitative estimate of drug-likeness (QED) is 0.833. The summed E-state index contributed by atoms with van der Waals surface area (Å²) in [5, 5.41) is 2.88. The topological polar surface area (TPSA) is 68.0 Å². The Hall–Kier alpha value is -1.78. The third kappa shape index (κ3) is 5.54. The highest BCUT2D eigenvalue weighted by Crippen LogP contribution is 2.15. The van der Waals surface area contributed by atoms with E-state index in [0.29, 0.717) is 12.8 Å². The maximum absolute atomic E-state index is 12.0. The normalized spacial score (nSPS) is 9.36. The Morgan fingerprint density at radius 3 is 2.45 bits per heavy atom. The summed E-state index contributed by atoms with van der Waals surface area (Å²) in [4.78, 5) is 16.3. The van der Waals surface area contributed by atoms with Crippen LogP contribution in [0, 0.1) is 13.8 Å². The molecule has 1 amide bonds. The predicted octanol–water partition coefficient (Wildman–Crippen LogP) is 3.70. The number of anilines is 2. The van der Waals surface area contributed by atoms with E-state index in [1.807, 2.05) is 50.2 Å². The van der Waals surface area contributed by atoms with Gasteiger partial charge in [0.1, 0.15) is 0 Å². The number of hydrogen-bond acceptors (Lipinski definition) is 3. The minimum absolute atomic E-state index is 0. The van der Waals surface area contributed by atoms with Crippen molar-refractivity contribution in [2.45, 2.75) is 26.7 Å². The van der Waals surface area contributed by atoms with E-state index in [9.17, 15) is 4.79 Å². The van der Waals surface area contributed by atoms with Gasteiger partial charge in [-0.2, -0.15) is 0 Å². The first-order chi connectivity index (χ1) is 9.56. The molecule has 0 saturated carbocycles. The summed E-state index contributed by atoms with van der Waals surface area (Å²) in [6.07, 6.45) is 1.04. The second-order valence-electron chi connectivity index (χ2n) is 4.83. The fourth-order valence-electron chi connectivity index (χ4n) is 2.04. The van der Waals surface area contributed by atoms with Gasteiger partial charge in [-0.1, -0.05) is 18.2 Å². The first-order valence-corrected chi connectivity index (χ1v) is 6.64. The molecule has 0 saturated heterocycles. The Balaban J connectivity index is 0.00000220. The number of hydrogen-bond donors (Lipinski definition) is 2. The average molecular weight is 342 g/mol. The summed E-state index contributed by atoms with van der Waals surface area (Å²) in [5.41, 5.74) is 10.1. The minimum atomic E-state index is -0.0259. The van der Waals surface area contributed by atoms with Gasteiger partial charge >= 0.3 is 0 Å². The fourth-order valence-corrected chi connectivity index (χ4v) is 2.04. The van der Waals surface area contributed by atoms with Crippen LogP contribution in [-0.2, 0) is 11.2 Å². The molecule has 4 nitrogen and oxygen atoms in total. The summed E-state index contributed by atoms with van der Waals surface area (Å²) >= 11 is 0. The molecular weight excluding hydrogens is 321 g/mol. The highest BCUT2D eigenvalue weighted by molar-refractivity contribution is 5.91. The first-order valence-electron chi connectivity index (χ1n) is 6.64. The van der Waals surface area contributed by atoms with Crippen LogP contribution in [0.2, 0.25) is 0 Å². The van der Waals surface area contributed by atoms with Crippen molar-refractivity contribution in [2.75, 3.05) is 11.1 Å². The number of nitrogen functional groups attached to an aromatic ring is 1. The summed E-state index contributed by atoms with van der Waals surface area (Å²) in [6.45, 7) is 3.81. The number of pyridine rings is 1. The van der Waals surface area contributed by atoms with Crippen molar-refractivity contribution in [2.24, 2.45) is 0 Å². The van der Waals surface area contributed by atoms with Crippen LogP contribution in [0.1, 0.15) is 23.4 Å². The SMILES string of the molecule is Cc1ccc(NC(=O)CCc2ccccc2N)c(C)n1.Cl.Cl. The largest absolute Gasteiger partial charge is 0.399 e. The van der Waals surface area contributed by atoms with Crippen molar-refractivity contribution in [3.05, 3.63) is 53.3 Å². The molecule has 2 rings (SSSR count). The summed E-state index contributed by atoms with van der Waals surface area (Å²) in [5.74, 6) is -0.0259. The van der Waals surface area contributed by atoms with E-state index >= 15 is 0 Å². The molecule has 1 aromatic heterocycles. The van der Waals surface area contributed by atoms with Crippen molar-refractivity contribution in [1.29, 1.82) is 0 Å². The van der Waals surface area contributed by atoms with Gasteiger partial charge in [-0.25, -0.2) is 0 Å². The Kier molecular flexibility index (Phi) is 8.53. The zero-order valence-corrected chi connectivity index (χ0v) is 14.3. The molecule has 1 aromatic carbocycles. The number of carbonyl (C=O) groups excluding carboxylic acids is 1. The van der Waals surface area contributed by atoms with E-state index in [1.54, 1.807) is 0 Å². The zero-order chi connectivity index (χ0) is 14.5. The molecular formula is C16H21Cl2N3O. The third-order valence-electron chi connectivity index (χ3n) is 3.18. The van der Waals surface area contributed by atoms with Gasteiger partial charge in [0.25, 0.3) is 0 Å². The molecule has 0 unspecified atom stereocenters. The number of nitrogens with zero attached hydrogens (tertiary/aromatic N) is 1. The number of aryl methyl sites for hydroxylation is 3. The minimum Gasteiger partial charge on any atom is -0.399 e. The molecule has 0 aliphatic rings. The molecule has 2 aromatic rings. The van der Waals surface area contributed by atoms with Gasteiger partial charge < -0.3 is 11.1 Å². The van der Waals surface area contributed by atoms with Crippen molar-refractivity contribution < 1.29 is 4.79 Å². The average Bonchev–Trinajstić information content (AvgIpc) is 2.41. The molecule has 6 heteroatoms. The highest BCUT2D eigenvalue weighted by atomic mass is 35.5. The molecule has 120 valence electrons. The molecule has 1 heterocycles. The lowest BCUT2D eigenvalue weighted by Crippen LogP contribution is -2.14. The van der Waals surface area contributed by atoms with Crippen LogP contribution in [0.5, 0.6) is 0 Å². The number of aromatic nitrogens is 1. The van der Waals surface area contributed by atoms with E-state index < -0.39 is 0 Å². The van der Waals surface area contributed by atoms with Crippen LogP contribution in [0.3, 0.4) is 0 Å². The number of nitrogens with two attached hydrogens (primary N) is 1. The van der Waals surface area contributed by atoms with Gasteiger partial charge in [0.15, 0.2) is 0 Å². The van der Waals surface area contributed by atoms with E-state index in [1.165, 1.54) is 0 Å². The first kappa shape index (κ1) is 20.2. The van der Waals surface area contributed by atoms with E-state index in [-0.39, 0.29) is 30.7 Å². The lowest BCUT2D eigenvalue weighted by Gasteiger charge is -2.09. The Morgan fingerprint density at radius 1 is 1.14 bits per heavy atom. The molecule has 0 atom stereocenters. The molecule has 0 bridgehead atoms. The third-order valence-corrected chi connectivity index (χ3v) is 3.18. The van der Waals surface area contributed by atoms with Crippen LogP contribution in [0.25, 0.3) is 0 Å². The second-order valence-corrected chi connectivity index (χ2v) is 4.83. The summed E-state index contributed by atoms with van der Waals surface area (Å²) in [7, 11) is 0. The molecule has 0 spiro atoms. The monoisotopic (exact) mass is 341 g/mol. The van der Waals surface area contributed by atoms with Crippen LogP contribution in [-0.4, -0.2) is 10.9 Å². The van der Waals surface area contributed by atoms with Gasteiger partial charge in [-0.05, 0) is 44.0 Å². The van der Waals surface area contributed by atoms with Gasteiger partial charge in [0, 0.05) is 17.8 Å². The molecule has 22 heavy (non-hydrogen) atoms. The Morgan fingerprint density at radius 2 is 1.82 bits per heavy atom. The molecule has 0 aliphatic heterocycles. The highest BCUT2D eigenvalue weighted by Gasteiger charge is 2.07. The lowest BCUT2D eigenvalue weighted by molar-refractivity contribution is -0.116. The smallest absolute Gasteiger partial charge is 0.224 e. The Bertz CT molecular complexity index is 633. The number of halogens is 2. The Labute approximate surface area is 143 Å². The maximum Gasteiger partial charge on any atom is 0.224 e. The molecule has 0 radical (unpaired) electrons. The summed E-state index contributed by atoms with van der Waals surface area (Å²) < 4.78 is 0. The van der Waals surface area contributed by atoms with Gasteiger partial charge in [0.05, 0.1) is 11.4 Å². The molecule has 3 N–H and O–H groups in total. The number of amides is 1. The zero-order valence-electron chi connectivity index (χ0n) is 12.6. The predicted molar refractivity (Wildman–Crippen MR) is 96.0 cm³/mol. The number of benzene rings is 1. The van der Waals surface area contributed by atoms with E-state index in [2.05, 4.69) is 10.3 Å². The molecule has 0 aliphatic carbocycles. The maximum atomic E-state index is 12.0. The fraction of sp³-hybridized carbons (Fsp3) is 0.250. The standard InChI is InChI=1S/C16H19N3O.2ClH/c1-11-7-9-15(12(2)18-11)19-16(20)10-8-13-5-3-4-6-14(13)17;;/h3-7,9H,8,10,17H2,1-2H3,(H,19,20);2*1H. The van der Waals surface area contributed by atoms with Crippen LogP contribution >= 0.6 is 24.8 Å². The van der Waals surface area contributed by atoms with E-state index in [0.717, 1.165) is 28.3 Å². The summed E-state index contributed by atoms with van der Waals surface area (Å²) in [6, 6.07) is 11.4.